The Bertz CT molecular complexity index is 742. The molecular formula is C19H32N4O10. The van der Waals surface area contributed by atoms with Crippen molar-refractivity contribution in [2.24, 2.45) is 11.7 Å². The highest BCUT2D eigenvalue weighted by molar-refractivity contribution is 5.95. The summed E-state index contributed by atoms with van der Waals surface area (Å²) in [5.41, 5.74) is 5.44. The van der Waals surface area contributed by atoms with Crippen molar-refractivity contribution in [3.05, 3.63) is 0 Å². The second-order valence-electron chi connectivity index (χ2n) is 7.63. The maximum absolute atomic E-state index is 12.7. The van der Waals surface area contributed by atoms with Gasteiger partial charge in [0.05, 0.1) is 18.6 Å². The average Bonchev–Trinajstić information content (AvgIpc) is 2.70. The molecule has 0 spiro atoms. The molecule has 0 saturated heterocycles. The fourth-order valence-corrected chi connectivity index (χ4v) is 2.68. The molecule has 188 valence electrons. The first-order chi connectivity index (χ1) is 15.2. The Morgan fingerprint density at radius 3 is 1.79 bits per heavy atom. The molecule has 14 nitrogen and oxygen atoms in total. The Morgan fingerprint density at radius 1 is 0.818 bits per heavy atom. The minimum absolute atomic E-state index is 0.419. The molecule has 14 heteroatoms. The molecular weight excluding hydrogens is 444 g/mol. The monoisotopic (exact) mass is 476 g/mol. The molecule has 0 rings (SSSR count). The second kappa shape index (κ2) is 14.0. The summed E-state index contributed by atoms with van der Waals surface area (Å²) in [4.78, 5) is 70.4. The maximum Gasteiger partial charge on any atom is 0.326 e. The quantitative estimate of drug-likeness (QED) is 0.124. The molecule has 0 aromatic carbocycles. The SMILES string of the molecule is CCC(C)C(NC(=O)C(NC(=O)C(CCC(=O)O)NC(=O)C(N)CC(=O)O)C(C)O)C(=O)O. The van der Waals surface area contributed by atoms with Gasteiger partial charge in [-0.1, -0.05) is 20.3 Å². The summed E-state index contributed by atoms with van der Waals surface area (Å²) in [6.45, 7) is 4.47. The van der Waals surface area contributed by atoms with Gasteiger partial charge in [-0.15, -0.1) is 0 Å². The Kier molecular flexibility index (Phi) is 12.6. The molecule has 0 aliphatic heterocycles. The van der Waals surface area contributed by atoms with Crippen LogP contribution in [0.4, 0.5) is 0 Å². The van der Waals surface area contributed by atoms with E-state index in [1.165, 1.54) is 0 Å². The number of rotatable bonds is 15. The van der Waals surface area contributed by atoms with Gasteiger partial charge in [0.1, 0.15) is 18.1 Å². The first-order valence-electron chi connectivity index (χ1n) is 10.2. The van der Waals surface area contributed by atoms with Crippen molar-refractivity contribution in [3.8, 4) is 0 Å². The molecule has 9 N–H and O–H groups in total. The van der Waals surface area contributed by atoms with Gasteiger partial charge in [0, 0.05) is 6.42 Å². The Hall–Kier alpha value is -3.26. The first kappa shape index (κ1) is 29.7. The lowest BCUT2D eigenvalue weighted by Gasteiger charge is -2.27. The van der Waals surface area contributed by atoms with E-state index in [-0.39, 0.29) is 0 Å². The number of carboxylic acid groups (broad SMARTS) is 3. The van der Waals surface area contributed by atoms with Gasteiger partial charge in [-0.3, -0.25) is 24.0 Å². The molecule has 0 aliphatic carbocycles. The number of nitrogens with one attached hydrogen (secondary N) is 3. The Morgan fingerprint density at radius 2 is 1.36 bits per heavy atom. The topological polar surface area (TPSA) is 245 Å². The fourth-order valence-electron chi connectivity index (χ4n) is 2.68. The lowest BCUT2D eigenvalue weighted by atomic mass is 9.98. The van der Waals surface area contributed by atoms with E-state index < -0.39 is 91.1 Å². The number of aliphatic hydroxyl groups excluding tert-OH is 1. The summed E-state index contributed by atoms with van der Waals surface area (Å²) < 4.78 is 0. The van der Waals surface area contributed by atoms with Crippen LogP contribution in [-0.4, -0.2) is 86.3 Å². The first-order valence-corrected chi connectivity index (χ1v) is 10.2. The molecule has 0 aliphatic rings. The molecule has 3 amide bonds. The van der Waals surface area contributed by atoms with Crippen molar-refractivity contribution < 1.29 is 49.2 Å². The van der Waals surface area contributed by atoms with Gasteiger partial charge in [-0.25, -0.2) is 4.79 Å². The van der Waals surface area contributed by atoms with Gasteiger partial charge in [-0.2, -0.15) is 0 Å². The smallest absolute Gasteiger partial charge is 0.326 e. The number of carbonyl (C=O) groups is 6. The third kappa shape index (κ3) is 10.7. The molecule has 0 fully saturated rings. The molecule has 0 radical (unpaired) electrons. The molecule has 0 heterocycles. The van der Waals surface area contributed by atoms with Crippen LogP contribution < -0.4 is 21.7 Å². The zero-order chi connectivity index (χ0) is 25.9. The van der Waals surface area contributed by atoms with E-state index in [1.54, 1.807) is 13.8 Å². The van der Waals surface area contributed by atoms with E-state index in [0.29, 0.717) is 6.42 Å². The van der Waals surface area contributed by atoms with Gasteiger partial charge < -0.3 is 42.1 Å². The Balaban J connectivity index is 5.54. The minimum atomic E-state index is -1.62. The number of hydrogen-bond donors (Lipinski definition) is 8. The van der Waals surface area contributed by atoms with Crippen LogP contribution in [0.3, 0.4) is 0 Å². The summed E-state index contributed by atoms with van der Waals surface area (Å²) in [7, 11) is 0. The van der Waals surface area contributed by atoms with Crippen molar-refractivity contribution in [2.75, 3.05) is 0 Å². The number of hydrogen-bond acceptors (Lipinski definition) is 8. The number of aliphatic carboxylic acids is 3. The normalized spacial score (nSPS) is 16.3. The highest BCUT2D eigenvalue weighted by atomic mass is 16.4. The third-order valence-corrected chi connectivity index (χ3v) is 4.85. The van der Waals surface area contributed by atoms with E-state index >= 15 is 0 Å². The van der Waals surface area contributed by atoms with Gasteiger partial charge >= 0.3 is 17.9 Å². The van der Waals surface area contributed by atoms with Crippen LogP contribution in [0, 0.1) is 5.92 Å². The highest BCUT2D eigenvalue weighted by Gasteiger charge is 2.34. The predicted octanol–water partition coefficient (Wildman–Crippen LogP) is -2.38. The number of carbonyl (C=O) groups excluding carboxylic acids is 3. The van der Waals surface area contributed by atoms with Gasteiger partial charge in [0.15, 0.2) is 0 Å². The lowest BCUT2D eigenvalue weighted by Crippen LogP contribution is -2.60. The molecule has 0 bridgehead atoms. The van der Waals surface area contributed by atoms with Crippen LogP contribution in [-0.2, 0) is 28.8 Å². The summed E-state index contributed by atoms with van der Waals surface area (Å²) in [5, 5.41) is 43.4. The van der Waals surface area contributed by atoms with Crippen LogP contribution in [0.2, 0.25) is 0 Å². The molecule has 33 heavy (non-hydrogen) atoms. The predicted molar refractivity (Wildman–Crippen MR) is 112 cm³/mol. The van der Waals surface area contributed by atoms with E-state index in [1.807, 2.05) is 0 Å². The zero-order valence-electron chi connectivity index (χ0n) is 18.6. The van der Waals surface area contributed by atoms with Crippen LogP contribution in [0.15, 0.2) is 0 Å². The van der Waals surface area contributed by atoms with Crippen LogP contribution in [0.1, 0.15) is 46.5 Å². The summed E-state index contributed by atoms with van der Waals surface area (Å²) in [5.74, 6) is -7.53. The van der Waals surface area contributed by atoms with E-state index in [0.717, 1.165) is 6.92 Å². The number of aliphatic hydroxyl groups is 1. The second-order valence-corrected chi connectivity index (χ2v) is 7.63. The van der Waals surface area contributed by atoms with Crippen molar-refractivity contribution in [3.63, 3.8) is 0 Å². The van der Waals surface area contributed by atoms with E-state index in [2.05, 4.69) is 16.0 Å². The third-order valence-electron chi connectivity index (χ3n) is 4.85. The zero-order valence-corrected chi connectivity index (χ0v) is 18.6. The van der Waals surface area contributed by atoms with Gasteiger partial charge in [-0.05, 0) is 19.3 Å². The summed E-state index contributed by atoms with van der Waals surface area (Å²) in [6, 6.07) is -5.96. The lowest BCUT2D eigenvalue weighted by molar-refractivity contribution is -0.144. The van der Waals surface area contributed by atoms with Gasteiger partial charge in [0.2, 0.25) is 17.7 Å². The maximum atomic E-state index is 12.7. The van der Waals surface area contributed by atoms with Crippen LogP contribution in [0.25, 0.3) is 0 Å². The molecule has 0 aromatic heterocycles. The van der Waals surface area contributed by atoms with Crippen LogP contribution in [0.5, 0.6) is 0 Å². The molecule has 6 unspecified atom stereocenters. The van der Waals surface area contributed by atoms with Crippen molar-refractivity contribution in [2.45, 2.75) is 76.7 Å². The Labute approximate surface area is 189 Å². The summed E-state index contributed by atoms with van der Waals surface area (Å²) in [6.07, 6.45) is -2.80. The van der Waals surface area contributed by atoms with Crippen molar-refractivity contribution >= 4 is 35.6 Å². The van der Waals surface area contributed by atoms with E-state index in [4.69, 9.17) is 15.9 Å². The average molecular weight is 476 g/mol. The van der Waals surface area contributed by atoms with Crippen LogP contribution >= 0.6 is 0 Å². The van der Waals surface area contributed by atoms with Crippen molar-refractivity contribution in [1.82, 2.24) is 16.0 Å². The minimum Gasteiger partial charge on any atom is -0.481 e. The van der Waals surface area contributed by atoms with E-state index in [9.17, 15) is 39.0 Å². The highest BCUT2D eigenvalue weighted by Crippen LogP contribution is 2.09. The molecule has 6 atom stereocenters. The number of nitrogens with two attached hydrogens (primary N) is 1. The number of carboxylic acids is 3. The fraction of sp³-hybridized carbons (Fsp3) is 0.684. The standard InChI is InChI=1S/C19H32N4O10/c1-4-8(2)14(19(32)33)22-18(31)15(9(3)24)23-17(30)11(5-6-12(25)26)21-16(29)10(20)7-13(27)28/h8-11,14-15,24H,4-7,20H2,1-3H3,(H,21,29)(H,22,31)(H,23,30)(H,25,26)(H,27,28)(H,32,33). The summed E-state index contributed by atoms with van der Waals surface area (Å²) >= 11 is 0. The molecule has 0 saturated carbocycles. The van der Waals surface area contributed by atoms with Gasteiger partial charge in [0.25, 0.3) is 0 Å². The number of amides is 3. The molecule has 0 aromatic rings. The largest absolute Gasteiger partial charge is 0.481 e. The van der Waals surface area contributed by atoms with Crippen molar-refractivity contribution in [1.29, 1.82) is 0 Å².